The molecule has 0 saturated heterocycles. The highest BCUT2D eigenvalue weighted by Gasteiger charge is 2.27. The summed E-state index contributed by atoms with van der Waals surface area (Å²) >= 11 is 0. The predicted molar refractivity (Wildman–Crippen MR) is 124 cm³/mol. The van der Waals surface area contributed by atoms with Crippen molar-refractivity contribution in [3.63, 3.8) is 0 Å². The molecule has 9 heteroatoms. The Hall–Kier alpha value is -3.98. The summed E-state index contributed by atoms with van der Waals surface area (Å²) in [7, 11) is 1.33. The van der Waals surface area contributed by atoms with Crippen molar-refractivity contribution in [2.75, 3.05) is 20.3 Å². The second-order valence-corrected chi connectivity index (χ2v) is 7.79. The van der Waals surface area contributed by atoms with Crippen molar-refractivity contribution in [3.05, 3.63) is 77.2 Å². The minimum absolute atomic E-state index is 0.0912. The maximum atomic E-state index is 14.7. The zero-order valence-electron chi connectivity index (χ0n) is 19.5. The number of carbonyl (C=O) groups excluding carboxylic acids is 2. The van der Waals surface area contributed by atoms with Crippen molar-refractivity contribution in [2.45, 2.75) is 26.3 Å². The number of hydrogen-bond acceptors (Lipinski definition) is 8. The van der Waals surface area contributed by atoms with Gasteiger partial charge in [0, 0.05) is 24.4 Å². The lowest BCUT2D eigenvalue weighted by Gasteiger charge is -2.29. The second-order valence-electron chi connectivity index (χ2n) is 7.79. The number of ether oxygens (including phenoxy) is 3. The molecule has 2 aromatic carbocycles. The monoisotopic (exact) mass is 480 g/mol. The number of pyridine rings is 1. The number of rotatable bonds is 7. The summed E-state index contributed by atoms with van der Waals surface area (Å²) in [5, 5.41) is 1.43. The molecule has 8 nitrogen and oxygen atoms in total. The molecule has 0 bridgehead atoms. The van der Waals surface area contributed by atoms with E-state index in [9.17, 15) is 14.0 Å². The van der Waals surface area contributed by atoms with Crippen LogP contribution in [0.2, 0.25) is 0 Å². The predicted octanol–water partition coefficient (Wildman–Crippen LogP) is 4.49. The van der Waals surface area contributed by atoms with E-state index in [2.05, 4.69) is 4.98 Å². The van der Waals surface area contributed by atoms with Gasteiger partial charge in [0.25, 0.3) is 0 Å². The molecule has 0 amide bonds. The molecule has 0 atom stereocenters. The lowest BCUT2D eigenvalue weighted by molar-refractivity contribution is -0.139. The van der Waals surface area contributed by atoms with Crippen LogP contribution in [0.25, 0.3) is 11.1 Å². The molecule has 0 saturated carbocycles. The molecular formula is C26H25FN2O6. The minimum atomic E-state index is -0.930. The minimum Gasteiger partial charge on any atom is -0.493 e. The number of fused-ring (bicyclic) bond motifs is 1. The number of nitrogens with zero attached hydrogens (tertiary/aromatic N) is 2. The molecule has 1 aliphatic heterocycles. The standard InChI is InChI=1S/C26H25FN2O6/c1-3-33-23-10-7-17(15-25(30)32-2)14-20(23)18-8-9-22(27)19-11-13-29(16-21(18)19)35-26(31)34-24-6-4-5-12-28-24/h4-10,12,14H,3,11,13,15-16H2,1-2H3. The highest BCUT2D eigenvalue weighted by Crippen LogP contribution is 2.38. The number of benzene rings is 2. The van der Waals surface area contributed by atoms with Crippen LogP contribution in [0.15, 0.2) is 54.7 Å². The van der Waals surface area contributed by atoms with Crippen molar-refractivity contribution in [1.29, 1.82) is 0 Å². The van der Waals surface area contributed by atoms with Crippen LogP contribution < -0.4 is 9.47 Å². The fourth-order valence-electron chi connectivity index (χ4n) is 3.97. The molecule has 0 radical (unpaired) electrons. The lowest BCUT2D eigenvalue weighted by Crippen LogP contribution is -2.34. The third-order valence-corrected chi connectivity index (χ3v) is 5.56. The van der Waals surface area contributed by atoms with E-state index in [1.54, 1.807) is 30.3 Å². The number of carbonyl (C=O) groups is 2. The molecule has 0 spiro atoms. The van der Waals surface area contributed by atoms with Gasteiger partial charge in [-0.1, -0.05) is 18.2 Å². The number of halogens is 1. The number of methoxy groups -OCH3 is 1. The summed E-state index contributed by atoms with van der Waals surface area (Å²) in [4.78, 5) is 33.4. The largest absolute Gasteiger partial charge is 0.534 e. The summed E-state index contributed by atoms with van der Waals surface area (Å²) < 4.78 is 30.5. The van der Waals surface area contributed by atoms with E-state index in [0.29, 0.717) is 42.0 Å². The fourth-order valence-corrected chi connectivity index (χ4v) is 3.97. The molecule has 35 heavy (non-hydrogen) atoms. The molecule has 0 fully saturated rings. The Kier molecular flexibility index (Phi) is 7.57. The first-order chi connectivity index (χ1) is 17.0. The van der Waals surface area contributed by atoms with Gasteiger partial charge >= 0.3 is 12.1 Å². The van der Waals surface area contributed by atoms with Gasteiger partial charge in [-0.15, -0.1) is 5.06 Å². The Balaban J connectivity index is 1.63. The van der Waals surface area contributed by atoms with Crippen molar-refractivity contribution in [2.24, 2.45) is 0 Å². The number of esters is 1. The topological polar surface area (TPSA) is 87.2 Å². The maximum absolute atomic E-state index is 14.7. The molecule has 0 N–H and O–H groups in total. The highest BCUT2D eigenvalue weighted by atomic mass is 19.1. The normalized spacial score (nSPS) is 13.0. The van der Waals surface area contributed by atoms with E-state index in [1.807, 2.05) is 13.0 Å². The summed E-state index contributed by atoms with van der Waals surface area (Å²) in [5.74, 6) is 0.0170. The molecular weight excluding hydrogens is 455 g/mol. The summed E-state index contributed by atoms with van der Waals surface area (Å²) in [5.41, 5.74) is 3.38. The van der Waals surface area contributed by atoms with Gasteiger partial charge in [-0.3, -0.25) is 4.79 Å². The maximum Gasteiger partial charge on any atom is 0.534 e. The molecule has 1 aromatic heterocycles. The average molecular weight is 480 g/mol. The number of hydroxylamine groups is 2. The van der Waals surface area contributed by atoms with Crippen molar-refractivity contribution in [3.8, 4) is 22.8 Å². The van der Waals surface area contributed by atoms with Gasteiger partial charge in [0.2, 0.25) is 5.88 Å². The Labute approximate surface area is 202 Å². The van der Waals surface area contributed by atoms with Gasteiger partial charge in [0.15, 0.2) is 0 Å². The van der Waals surface area contributed by atoms with Crippen molar-refractivity contribution in [1.82, 2.24) is 10.0 Å². The first-order valence-electron chi connectivity index (χ1n) is 11.2. The second kappa shape index (κ2) is 11.0. The van der Waals surface area contributed by atoms with E-state index in [1.165, 1.54) is 30.5 Å². The van der Waals surface area contributed by atoms with Crippen LogP contribution in [0.3, 0.4) is 0 Å². The van der Waals surface area contributed by atoms with E-state index < -0.39 is 6.16 Å². The number of hydrogen-bond donors (Lipinski definition) is 0. The van der Waals surface area contributed by atoms with E-state index >= 15 is 0 Å². The van der Waals surface area contributed by atoms with Crippen LogP contribution in [0, 0.1) is 5.82 Å². The third-order valence-electron chi connectivity index (χ3n) is 5.56. The van der Waals surface area contributed by atoms with E-state index in [4.69, 9.17) is 19.0 Å². The zero-order valence-corrected chi connectivity index (χ0v) is 19.5. The zero-order chi connectivity index (χ0) is 24.8. The Morgan fingerprint density at radius 2 is 1.94 bits per heavy atom. The Morgan fingerprint density at radius 3 is 2.69 bits per heavy atom. The average Bonchev–Trinajstić information content (AvgIpc) is 2.86. The Bertz CT molecular complexity index is 1220. The molecule has 0 unspecified atom stereocenters. The van der Waals surface area contributed by atoms with Gasteiger partial charge in [-0.2, -0.15) is 0 Å². The molecule has 3 aromatic rings. The van der Waals surface area contributed by atoms with Crippen molar-refractivity contribution < 1.29 is 33.0 Å². The molecule has 1 aliphatic rings. The molecule has 182 valence electrons. The van der Waals surface area contributed by atoms with Crippen LogP contribution in [0.4, 0.5) is 9.18 Å². The van der Waals surface area contributed by atoms with Crippen LogP contribution >= 0.6 is 0 Å². The van der Waals surface area contributed by atoms with Gasteiger partial charge < -0.3 is 19.0 Å². The summed E-state index contributed by atoms with van der Waals surface area (Å²) in [6.07, 6.45) is 0.991. The van der Waals surface area contributed by atoms with Gasteiger partial charge in [0.05, 0.1) is 26.7 Å². The van der Waals surface area contributed by atoms with Crippen LogP contribution in [-0.4, -0.2) is 42.4 Å². The first kappa shape index (κ1) is 24.2. The quantitative estimate of drug-likeness (QED) is 0.457. The van der Waals surface area contributed by atoms with E-state index in [0.717, 1.165) is 11.1 Å². The fraction of sp³-hybridized carbons (Fsp3) is 0.269. The third kappa shape index (κ3) is 5.75. The molecule has 0 aliphatic carbocycles. The lowest BCUT2D eigenvalue weighted by atomic mass is 9.90. The van der Waals surface area contributed by atoms with Gasteiger partial charge in [-0.05, 0) is 59.9 Å². The Morgan fingerprint density at radius 1 is 1.09 bits per heavy atom. The van der Waals surface area contributed by atoms with Gasteiger partial charge in [-0.25, -0.2) is 14.2 Å². The molecule has 2 heterocycles. The van der Waals surface area contributed by atoms with Crippen LogP contribution in [0.1, 0.15) is 23.6 Å². The SMILES string of the molecule is CCOc1ccc(CC(=O)OC)cc1-c1ccc(F)c2c1CN(OC(=O)Oc1ccccn1)CC2. The smallest absolute Gasteiger partial charge is 0.493 e. The summed E-state index contributed by atoms with van der Waals surface area (Å²) in [6.45, 7) is 2.74. The van der Waals surface area contributed by atoms with Gasteiger partial charge in [0.1, 0.15) is 11.6 Å². The van der Waals surface area contributed by atoms with E-state index in [-0.39, 0.29) is 30.6 Å². The van der Waals surface area contributed by atoms with Crippen LogP contribution in [0.5, 0.6) is 11.6 Å². The summed E-state index contributed by atoms with van der Waals surface area (Å²) in [6, 6.07) is 13.4. The molecule has 4 rings (SSSR count). The van der Waals surface area contributed by atoms with Crippen LogP contribution in [-0.2, 0) is 33.8 Å². The highest BCUT2D eigenvalue weighted by molar-refractivity contribution is 5.78. The first-order valence-corrected chi connectivity index (χ1v) is 11.2. The van der Waals surface area contributed by atoms with Crippen molar-refractivity contribution >= 4 is 12.1 Å². The number of aromatic nitrogens is 1.